The second kappa shape index (κ2) is 6.92. The maximum atomic E-state index is 13.1. The van der Waals surface area contributed by atoms with Crippen molar-refractivity contribution in [1.82, 2.24) is 4.98 Å². The molecule has 2 aromatic rings. The zero-order valence-corrected chi connectivity index (χ0v) is 14.7. The lowest BCUT2D eigenvalue weighted by Gasteiger charge is -2.37. The van der Waals surface area contributed by atoms with Crippen molar-refractivity contribution in [3.8, 4) is 0 Å². The number of aromatic nitrogens is 1. The van der Waals surface area contributed by atoms with E-state index >= 15 is 0 Å². The number of nitrogens with zero attached hydrogens (tertiary/aromatic N) is 3. The molecule has 6 heteroatoms. The molecule has 1 amide bonds. The molecule has 130 valence electrons. The molecule has 25 heavy (non-hydrogen) atoms. The third-order valence-corrected chi connectivity index (χ3v) is 5.22. The Balaban J connectivity index is 1.45. The minimum atomic E-state index is 0.0709. The van der Waals surface area contributed by atoms with Crippen LogP contribution in [0.4, 0.5) is 17.2 Å². The van der Waals surface area contributed by atoms with Gasteiger partial charge in [-0.25, -0.2) is 4.98 Å². The van der Waals surface area contributed by atoms with Crippen LogP contribution in [0.2, 0.25) is 5.02 Å². The first-order chi connectivity index (χ1) is 12.2. The fraction of sp³-hybridized carbons (Fsp3) is 0.368. The van der Waals surface area contributed by atoms with Gasteiger partial charge in [-0.2, -0.15) is 0 Å². The van der Waals surface area contributed by atoms with E-state index in [1.54, 1.807) is 0 Å². The number of anilines is 3. The normalized spacial score (nSPS) is 17.8. The monoisotopic (exact) mass is 356 g/mol. The molecular weight excluding hydrogens is 336 g/mol. The van der Waals surface area contributed by atoms with Gasteiger partial charge in [0.1, 0.15) is 5.82 Å². The second-order valence-corrected chi connectivity index (χ2v) is 6.96. The van der Waals surface area contributed by atoms with E-state index in [0.29, 0.717) is 11.6 Å². The van der Waals surface area contributed by atoms with Crippen molar-refractivity contribution in [2.75, 3.05) is 41.3 Å². The number of hydrogen-bond acceptors (Lipinski definition) is 4. The second-order valence-electron chi connectivity index (χ2n) is 6.53. The third-order valence-electron chi connectivity index (χ3n) is 4.98. The summed E-state index contributed by atoms with van der Waals surface area (Å²) < 4.78 is 0. The molecule has 1 aromatic heterocycles. The molecule has 4 rings (SSSR count). The summed E-state index contributed by atoms with van der Waals surface area (Å²) >= 11 is 6.07. The van der Waals surface area contributed by atoms with E-state index in [0.717, 1.165) is 49.7 Å². The van der Waals surface area contributed by atoms with E-state index in [1.807, 2.05) is 47.5 Å². The summed E-state index contributed by atoms with van der Waals surface area (Å²) in [6, 6.07) is 11.6. The Hall–Kier alpha value is -2.27. The van der Waals surface area contributed by atoms with Crippen LogP contribution in [-0.2, 0) is 4.79 Å². The van der Waals surface area contributed by atoms with Gasteiger partial charge < -0.3 is 15.1 Å². The standard InChI is InChI=1S/C19H21ClN4O/c20-15-4-5-17-16(13-15)21-9-12-24(17)19(25)14-6-10-23(11-7-14)18-3-1-2-8-22-18/h1-5,8,13-14,21H,6-7,9-12H2. The molecule has 3 heterocycles. The highest BCUT2D eigenvalue weighted by molar-refractivity contribution is 6.31. The van der Waals surface area contributed by atoms with Gasteiger partial charge in [0.15, 0.2) is 0 Å². The maximum Gasteiger partial charge on any atom is 0.230 e. The van der Waals surface area contributed by atoms with Crippen molar-refractivity contribution >= 4 is 34.7 Å². The van der Waals surface area contributed by atoms with E-state index in [1.165, 1.54) is 0 Å². The van der Waals surface area contributed by atoms with Gasteiger partial charge in [-0.15, -0.1) is 0 Å². The van der Waals surface area contributed by atoms with Crippen LogP contribution in [-0.4, -0.2) is 37.1 Å². The van der Waals surface area contributed by atoms with E-state index < -0.39 is 0 Å². The van der Waals surface area contributed by atoms with Crippen LogP contribution in [0, 0.1) is 5.92 Å². The molecule has 0 bridgehead atoms. The van der Waals surface area contributed by atoms with Gasteiger partial charge in [-0.1, -0.05) is 17.7 Å². The summed E-state index contributed by atoms with van der Waals surface area (Å²) in [6.45, 7) is 3.19. The molecule has 0 radical (unpaired) electrons. The Morgan fingerprint density at radius 2 is 2.00 bits per heavy atom. The molecule has 0 aliphatic carbocycles. The third kappa shape index (κ3) is 3.29. The summed E-state index contributed by atoms with van der Waals surface area (Å²) in [5.41, 5.74) is 1.88. The molecule has 1 aromatic carbocycles. The van der Waals surface area contributed by atoms with E-state index in [4.69, 9.17) is 11.6 Å². The Morgan fingerprint density at radius 3 is 2.76 bits per heavy atom. The molecule has 0 saturated carbocycles. The van der Waals surface area contributed by atoms with Crippen molar-refractivity contribution in [2.24, 2.45) is 5.92 Å². The smallest absolute Gasteiger partial charge is 0.230 e. The molecule has 0 atom stereocenters. The lowest BCUT2D eigenvalue weighted by atomic mass is 9.94. The summed E-state index contributed by atoms with van der Waals surface area (Å²) in [5.74, 6) is 1.29. The predicted octanol–water partition coefficient (Wildman–Crippen LogP) is 3.41. The molecular formula is C19H21ClN4O. The fourth-order valence-corrected chi connectivity index (χ4v) is 3.83. The molecule has 0 spiro atoms. The van der Waals surface area contributed by atoms with Gasteiger partial charge in [0.25, 0.3) is 0 Å². The van der Waals surface area contributed by atoms with Gasteiger partial charge in [0.05, 0.1) is 11.4 Å². The van der Waals surface area contributed by atoms with Crippen LogP contribution in [0.25, 0.3) is 0 Å². The van der Waals surface area contributed by atoms with Gasteiger partial charge in [-0.3, -0.25) is 4.79 Å². The lowest BCUT2D eigenvalue weighted by molar-refractivity contribution is -0.123. The van der Waals surface area contributed by atoms with E-state index in [2.05, 4.69) is 15.2 Å². The number of carbonyl (C=O) groups is 1. The molecule has 0 unspecified atom stereocenters. The molecule has 2 aliphatic rings. The number of halogens is 1. The van der Waals surface area contributed by atoms with Crippen LogP contribution in [0.3, 0.4) is 0 Å². The topological polar surface area (TPSA) is 48.5 Å². The number of nitrogens with one attached hydrogen (secondary N) is 1. The maximum absolute atomic E-state index is 13.1. The van der Waals surface area contributed by atoms with Gasteiger partial charge >= 0.3 is 0 Å². The Bertz CT molecular complexity index is 759. The molecule has 5 nitrogen and oxygen atoms in total. The molecule has 1 N–H and O–H groups in total. The molecule has 1 saturated heterocycles. The van der Waals surface area contributed by atoms with Crippen molar-refractivity contribution in [2.45, 2.75) is 12.8 Å². The first-order valence-electron chi connectivity index (χ1n) is 8.73. The van der Waals surface area contributed by atoms with Crippen LogP contribution in [0.1, 0.15) is 12.8 Å². The Morgan fingerprint density at radius 1 is 1.16 bits per heavy atom. The summed E-state index contributed by atoms with van der Waals surface area (Å²) in [6.07, 6.45) is 3.54. The SMILES string of the molecule is O=C(C1CCN(c2ccccn2)CC1)N1CCNc2cc(Cl)ccc21. The first kappa shape index (κ1) is 16.2. The summed E-state index contributed by atoms with van der Waals surface area (Å²) in [7, 11) is 0. The predicted molar refractivity (Wildman–Crippen MR) is 101 cm³/mol. The largest absolute Gasteiger partial charge is 0.382 e. The highest BCUT2D eigenvalue weighted by atomic mass is 35.5. The highest BCUT2D eigenvalue weighted by Crippen LogP contribution is 2.34. The molecule has 2 aliphatic heterocycles. The number of piperidine rings is 1. The van der Waals surface area contributed by atoms with Crippen molar-refractivity contribution in [1.29, 1.82) is 0 Å². The number of fused-ring (bicyclic) bond motifs is 1. The van der Waals surface area contributed by atoms with Crippen LogP contribution < -0.4 is 15.1 Å². The Labute approximate surface area is 152 Å². The van der Waals surface area contributed by atoms with E-state index in [9.17, 15) is 4.79 Å². The summed E-state index contributed by atoms with van der Waals surface area (Å²) in [4.78, 5) is 21.7. The number of rotatable bonds is 2. The lowest BCUT2D eigenvalue weighted by Crippen LogP contribution is -2.46. The average Bonchev–Trinajstić information content (AvgIpc) is 2.67. The number of pyridine rings is 1. The highest BCUT2D eigenvalue weighted by Gasteiger charge is 2.31. The van der Waals surface area contributed by atoms with Crippen LogP contribution in [0.15, 0.2) is 42.6 Å². The van der Waals surface area contributed by atoms with Crippen LogP contribution >= 0.6 is 11.6 Å². The zero-order valence-electron chi connectivity index (χ0n) is 14.0. The fourth-order valence-electron chi connectivity index (χ4n) is 3.65. The number of hydrogen-bond donors (Lipinski definition) is 1. The number of benzene rings is 1. The number of amides is 1. The Kier molecular flexibility index (Phi) is 4.49. The minimum absolute atomic E-state index is 0.0709. The minimum Gasteiger partial charge on any atom is -0.382 e. The van der Waals surface area contributed by atoms with Gasteiger partial charge in [-0.05, 0) is 43.2 Å². The first-order valence-corrected chi connectivity index (χ1v) is 9.11. The van der Waals surface area contributed by atoms with E-state index in [-0.39, 0.29) is 11.8 Å². The zero-order chi connectivity index (χ0) is 17.2. The quantitative estimate of drug-likeness (QED) is 0.895. The van der Waals surface area contributed by atoms with Crippen molar-refractivity contribution in [3.63, 3.8) is 0 Å². The van der Waals surface area contributed by atoms with Gasteiger partial charge in [0.2, 0.25) is 5.91 Å². The number of carbonyl (C=O) groups excluding carboxylic acids is 1. The molecule has 1 fully saturated rings. The van der Waals surface area contributed by atoms with Crippen LogP contribution in [0.5, 0.6) is 0 Å². The summed E-state index contributed by atoms with van der Waals surface area (Å²) in [5, 5.41) is 4.01. The average molecular weight is 357 g/mol. The van der Waals surface area contributed by atoms with Crippen molar-refractivity contribution < 1.29 is 4.79 Å². The van der Waals surface area contributed by atoms with Gasteiger partial charge in [0, 0.05) is 43.3 Å². The van der Waals surface area contributed by atoms with Crippen molar-refractivity contribution in [3.05, 3.63) is 47.6 Å².